The summed E-state index contributed by atoms with van der Waals surface area (Å²) in [5, 5.41) is 13.9. The second kappa shape index (κ2) is 7.36. The van der Waals surface area contributed by atoms with Crippen LogP contribution < -0.4 is 0 Å². The average Bonchev–Trinajstić information content (AvgIpc) is 2.80. The summed E-state index contributed by atoms with van der Waals surface area (Å²) in [7, 11) is 0. The van der Waals surface area contributed by atoms with E-state index in [1.807, 2.05) is 0 Å². The second-order valence-corrected chi connectivity index (χ2v) is 9.01. The van der Waals surface area contributed by atoms with E-state index in [-0.39, 0.29) is 5.54 Å². The van der Waals surface area contributed by atoms with E-state index in [0.29, 0.717) is 17.8 Å². The lowest BCUT2D eigenvalue weighted by Gasteiger charge is -2.60. The molecule has 0 radical (unpaired) electrons. The van der Waals surface area contributed by atoms with Crippen LogP contribution in [-0.4, -0.2) is 34.4 Å². The molecule has 4 aliphatic rings. The van der Waals surface area contributed by atoms with Gasteiger partial charge >= 0.3 is 0 Å². The van der Waals surface area contributed by atoms with Crippen LogP contribution in [0.4, 0.5) is 0 Å². The first-order valence-electron chi connectivity index (χ1n) is 10.9. The quantitative estimate of drug-likeness (QED) is 0.575. The topological polar surface area (TPSA) is 35.8 Å². The van der Waals surface area contributed by atoms with Crippen LogP contribution >= 0.6 is 0 Å². The minimum atomic E-state index is 0.123. The molecule has 1 aliphatic heterocycles. The van der Waals surface area contributed by atoms with Crippen molar-refractivity contribution in [2.75, 3.05) is 13.1 Å². The first-order chi connectivity index (χ1) is 13.8. The van der Waals surface area contributed by atoms with Crippen molar-refractivity contribution in [2.24, 2.45) is 11.1 Å². The molecule has 2 bridgehead atoms. The van der Waals surface area contributed by atoms with Crippen LogP contribution in [0.3, 0.4) is 0 Å². The molecule has 2 unspecified atom stereocenters. The maximum atomic E-state index is 10.0. The summed E-state index contributed by atoms with van der Waals surface area (Å²) in [6, 6.07) is 21.9. The molecule has 3 heteroatoms. The third-order valence-corrected chi connectivity index (χ3v) is 7.57. The third kappa shape index (κ3) is 2.97. The summed E-state index contributed by atoms with van der Waals surface area (Å²) in [4.78, 5) is 2.75. The lowest BCUT2D eigenvalue weighted by molar-refractivity contribution is -0.00199. The van der Waals surface area contributed by atoms with E-state index in [1.165, 1.54) is 56.3 Å². The number of nitrogens with zero attached hydrogens (tertiary/aromatic N) is 2. The molecule has 4 fully saturated rings. The zero-order valence-electron chi connectivity index (χ0n) is 16.5. The van der Waals surface area contributed by atoms with Crippen LogP contribution in [0.25, 0.3) is 0 Å². The van der Waals surface area contributed by atoms with Gasteiger partial charge in [-0.2, -0.15) is 0 Å². The molecule has 2 atom stereocenters. The Labute approximate surface area is 168 Å². The highest BCUT2D eigenvalue weighted by atomic mass is 16.4. The molecule has 146 valence electrons. The number of fused-ring (bicyclic) bond motifs is 3. The Hall–Kier alpha value is -2.13. The van der Waals surface area contributed by atoms with E-state index >= 15 is 0 Å². The van der Waals surface area contributed by atoms with Crippen molar-refractivity contribution >= 4 is 5.71 Å². The molecule has 3 nitrogen and oxygen atoms in total. The second-order valence-electron chi connectivity index (χ2n) is 9.01. The highest BCUT2D eigenvalue weighted by Gasteiger charge is 2.57. The predicted octanol–water partition coefficient (Wildman–Crippen LogP) is 5.42. The van der Waals surface area contributed by atoms with Crippen molar-refractivity contribution in [1.82, 2.24) is 4.90 Å². The Balaban J connectivity index is 1.62. The van der Waals surface area contributed by atoms with Gasteiger partial charge in [0.05, 0.1) is 5.71 Å². The molecule has 0 amide bonds. The molecule has 2 aromatic rings. The van der Waals surface area contributed by atoms with Crippen molar-refractivity contribution < 1.29 is 5.21 Å². The zero-order valence-corrected chi connectivity index (χ0v) is 16.5. The third-order valence-electron chi connectivity index (χ3n) is 7.57. The summed E-state index contributed by atoms with van der Waals surface area (Å²) >= 11 is 0. The van der Waals surface area contributed by atoms with Crippen LogP contribution in [0.1, 0.15) is 61.5 Å². The molecule has 6 rings (SSSR count). The van der Waals surface area contributed by atoms with E-state index < -0.39 is 0 Å². The largest absolute Gasteiger partial charge is 0.411 e. The van der Waals surface area contributed by atoms with Crippen molar-refractivity contribution in [1.29, 1.82) is 0 Å². The molecule has 0 spiro atoms. The van der Waals surface area contributed by atoms with Crippen LogP contribution in [-0.2, 0) is 0 Å². The summed E-state index contributed by atoms with van der Waals surface area (Å²) in [6.07, 6.45) is 7.24. The van der Waals surface area contributed by atoms with Crippen molar-refractivity contribution in [3.63, 3.8) is 0 Å². The van der Waals surface area contributed by atoms with E-state index in [0.717, 1.165) is 12.1 Å². The first-order valence-corrected chi connectivity index (χ1v) is 10.9. The minimum Gasteiger partial charge on any atom is -0.411 e. The number of hydrogen-bond acceptors (Lipinski definition) is 3. The minimum absolute atomic E-state index is 0.123. The van der Waals surface area contributed by atoms with Crippen molar-refractivity contribution in [3.8, 4) is 0 Å². The number of likely N-dealkylation sites (tertiary alicyclic amines) is 1. The van der Waals surface area contributed by atoms with Gasteiger partial charge in [0.15, 0.2) is 0 Å². The number of hydrogen-bond donors (Lipinski definition) is 1. The van der Waals surface area contributed by atoms with E-state index in [1.54, 1.807) is 0 Å². The number of benzene rings is 2. The summed E-state index contributed by atoms with van der Waals surface area (Å²) in [5.41, 5.74) is 3.94. The summed E-state index contributed by atoms with van der Waals surface area (Å²) in [5.74, 6) is 1.13. The Morgan fingerprint density at radius 1 is 0.786 bits per heavy atom. The molecule has 3 saturated carbocycles. The summed E-state index contributed by atoms with van der Waals surface area (Å²) < 4.78 is 0. The molecule has 28 heavy (non-hydrogen) atoms. The van der Waals surface area contributed by atoms with Gasteiger partial charge in [0.25, 0.3) is 0 Å². The Morgan fingerprint density at radius 3 is 1.82 bits per heavy atom. The fourth-order valence-electron chi connectivity index (χ4n) is 6.39. The number of piperidine rings is 1. The standard InChI is InChI=1S/C25H30N2O/c28-26-23-18-25(27-14-8-3-9-15-27)16-21(19-10-4-1-5-11-19)24(23)22(17-25)20-12-6-2-7-13-20/h1-2,4-7,10-13,21-22,24,28H,3,8-9,14-18H2/b26-23+. The van der Waals surface area contributed by atoms with Gasteiger partial charge < -0.3 is 5.21 Å². The van der Waals surface area contributed by atoms with Gasteiger partial charge in [-0.1, -0.05) is 72.2 Å². The van der Waals surface area contributed by atoms with Gasteiger partial charge in [0.2, 0.25) is 0 Å². The summed E-state index contributed by atoms with van der Waals surface area (Å²) in [6.45, 7) is 2.37. The molecule has 2 aromatic carbocycles. The van der Waals surface area contributed by atoms with Gasteiger partial charge in [-0.15, -0.1) is 0 Å². The average molecular weight is 375 g/mol. The fourth-order valence-corrected chi connectivity index (χ4v) is 6.39. The molecule has 1 saturated heterocycles. The van der Waals surface area contributed by atoms with Gasteiger partial charge in [0.1, 0.15) is 0 Å². The molecule has 0 aromatic heterocycles. The maximum absolute atomic E-state index is 10.0. The highest BCUT2D eigenvalue weighted by molar-refractivity contribution is 5.91. The zero-order chi connectivity index (χ0) is 19.0. The molecule has 3 aliphatic carbocycles. The monoisotopic (exact) mass is 374 g/mol. The lowest BCUT2D eigenvalue weighted by atomic mass is 9.52. The highest BCUT2D eigenvalue weighted by Crippen LogP contribution is 2.58. The molecular formula is C25H30N2O. The smallest absolute Gasteiger partial charge is 0.0632 e. The Kier molecular flexibility index (Phi) is 4.72. The van der Waals surface area contributed by atoms with Crippen LogP contribution in [0, 0.1) is 5.92 Å². The van der Waals surface area contributed by atoms with Crippen molar-refractivity contribution in [3.05, 3.63) is 71.8 Å². The molecular weight excluding hydrogens is 344 g/mol. The van der Waals surface area contributed by atoms with Gasteiger partial charge in [-0.05, 0) is 61.7 Å². The Morgan fingerprint density at radius 2 is 1.32 bits per heavy atom. The lowest BCUT2D eigenvalue weighted by Crippen LogP contribution is -2.62. The first kappa shape index (κ1) is 17.9. The fraction of sp³-hybridized carbons (Fsp3) is 0.480. The van der Waals surface area contributed by atoms with Gasteiger partial charge in [0, 0.05) is 17.9 Å². The van der Waals surface area contributed by atoms with E-state index in [4.69, 9.17) is 0 Å². The Bertz CT molecular complexity index is 777. The maximum Gasteiger partial charge on any atom is 0.0632 e. The number of rotatable bonds is 3. The normalized spacial score (nSPS) is 34.6. The van der Waals surface area contributed by atoms with Gasteiger partial charge in [-0.3, -0.25) is 4.90 Å². The SMILES string of the molecule is O/N=C1\CC2(N3CCCCC3)CC(c3ccccc3)C1C(c1ccccc1)C2. The van der Waals surface area contributed by atoms with Gasteiger partial charge in [-0.25, -0.2) is 0 Å². The van der Waals surface area contributed by atoms with Crippen LogP contribution in [0.2, 0.25) is 0 Å². The van der Waals surface area contributed by atoms with E-state index in [9.17, 15) is 5.21 Å². The molecule has 1 heterocycles. The predicted molar refractivity (Wildman–Crippen MR) is 113 cm³/mol. The van der Waals surface area contributed by atoms with E-state index in [2.05, 4.69) is 70.7 Å². The number of oxime groups is 1. The van der Waals surface area contributed by atoms with Crippen molar-refractivity contribution in [2.45, 2.75) is 55.9 Å². The molecule has 1 N–H and O–H groups in total. The van der Waals surface area contributed by atoms with Crippen LogP contribution in [0.5, 0.6) is 0 Å². The van der Waals surface area contributed by atoms with Crippen LogP contribution in [0.15, 0.2) is 65.8 Å².